The molecule has 5 rings (SSSR count). The van der Waals surface area contributed by atoms with Crippen LogP contribution in [0.3, 0.4) is 0 Å². The van der Waals surface area contributed by atoms with Crippen LogP contribution in [0.5, 0.6) is 5.75 Å². The van der Waals surface area contributed by atoms with Crippen LogP contribution < -0.4 is 10.6 Å². The Kier molecular flexibility index (Phi) is 6.92. The van der Waals surface area contributed by atoms with Crippen LogP contribution in [0.4, 0.5) is 14.9 Å². The van der Waals surface area contributed by atoms with Gasteiger partial charge in [0.1, 0.15) is 11.6 Å². The maximum atomic E-state index is 13.5. The molecule has 9 heteroatoms. The first kappa shape index (κ1) is 24.5. The predicted molar refractivity (Wildman–Crippen MR) is 139 cm³/mol. The molecular weight excluding hydrogens is 495 g/mol. The van der Waals surface area contributed by atoms with Gasteiger partial charge < -0.3 is 15.7 Å². The second kappa shape index (κ2) is 10.4. The Hall–Kier alpha value is -4.17. The van der Waals surface area contributed by atoms with Gasteiger partial charge in [0.15, 0.2) is 0 Å². The first-order valence-electron chi connectivity index (χ1n) is 11.9. The molecule has 37 heavy (non-hydrogen) atoms. The smallest absolute Gasteiger partial charge is 0.342 e. The maximum absolute atomic E-state index is 13.5. The maximum Gasteiger partial charge on any atom is 0.342 e. The summed E-state index contributed by atoms with van der Waals surface area (Å²) in [7, 11) is 0. The molecule has 0 bridgehead atoms. The Morgan fingerprint density at radius 1 is 1.05 bits per heavy atom. The number of hydrogen-bond acceptors (Lipinski definition) is 4. The number of benzene rings is 3. The number of amides is 2. The van der Waals surface area contributed by atoms with Crippen molar-refractivity contribution in [3.05, 3.63) is 100 Å². The summed E-state index contributed by atoms with van der Waals surface area (Å²) >= 11 is 6.14. The molecule has 0 unspecified atom stereocenters. The highest BCUT2D eigenvalue weighted by Crippen LogP contribution is 2.39. The molecule has 1 heterocycles. The van der Waals surface area contributed by atoms with Crippen molar-refractivity contribution < 1.29 is 19.1 Å². The third kappa shape index (κ3) is 5.34. The molecule has 3 aromatic carbocycles. The third-order valence-corrected chi connectivity index (χ3v) is 6.76. The lowest BCUT2D eigenvalue weighted by molar-refractivity contribution is 0.102. The molecule has 188 valence electrons. The van der Waals surface area contributed by atoms with E-state index >= 15 is 0 Å². The Balaban J connectivity index is 1.41. The SMILES string of the molecule is O=C(Nc1ccc(O)c(-c2cc(C3CCC3)n(C(=O)NCc3cccc(F)c3)n2)c1)c1ccccc1Cl. The van der Waals surface area contributed by atoms with E-state index in [0.717, 1.165) is 25.0 Å². The number of aromatic hydroxyl groups is 1. The molecule has 4 aromatic rings. The predicted octanol–water partition coefficient (Wildman–Crippen LogP) is 6.33. The van der Waals surface area contributed by atoms with Crippen LogP contribution in [0, 0.1) is 5.82 Å². The summed E-state index contributed by atoms with van der Waals surface area (Å²) in [6, 6.07) is 18.7. The van der Waals surface area contributed by atoms with Crippen LogP contribution in [0.2, 0.25) is 5.02 Å². The quantitative estimate of drug-likeness (QED) is 0.260. The van der Waals surface area contributed by atoms with Gasteiger partial charge in [0.2, 0.25) is 0 Å². The van der Waals surface area contributed by atoms with Crippen molar-refractivity contribution in [3.8, 4) is 17.0 Å². The van der Waals surface area contributed by atoms with Crippen LogP contribution in [-0.2, 0) is 6.54 Å². The van der Waals surface area contributed by atoms with Crippen molar-refractivity contribution >= 4 is 29.2 Å². The van der Waals surface area contributed by atoms with Crippen molar-refractivity contribution in [1.29, 1.82) is 0 Å². The monoisotopic (exact) mass is 518 g/mol. The summed E-state index contributed by atoms with van der Waals surface area (Å²) < 4.78 is 14.8. The van der Waals surface area contributed by atoms with Gasteiger partial charge in [-0.3, -0.25) is 4.79 Å². The van der Waals surface area contributed by atoms with Gasteiger partial charge in [-0.2, -0.15) is 9.78 Å². The van der Waals surface area contributed by atoms with Crippen LogP contribution >= 0.6 is 11.6 Å². The van der Waals surface area contributed by atoms with Gasteiger partial charge in [-0.15, -0.1) is 0 Å². The molecule has 7 nitrogen and oxygen atoms in total. The first-order chi connectivity index (χ1) is 17.9. The van der Waals surface area contributed by atoms with Gasteiger partial charge in [-0.05, 0) is 66.9 Å². The molecule has 1 aliphatic carbocycles. The number of carbonyl (C=O) groups excluding carboxylic acids is 2. The zero-order chi connectivity index (χ0) is 25.9. The third-order valence-electron chi connectivity index (χ3n) is 6.43. The van der Waals surface area contributed by atoms with E-state index in [4.69, 9.17) is 11.6 Å². The molecule has 1 aliphatic rings. The number of nitrogens with zero attached hydrogens (tertiary/aromatic N) is 2. The highest BCUT2D eigenvalue weighted by molar-refractivity contribution is 6.34. The molecule has 2 amide bonds. The second-order valence-corrected chi connectivity index (χ2v) is 9.36. The Bertz CT molecular complexity index is 1480. The van der Waals surface area contributed by atoms with Crippen LogP contribution in [-0.4, -0.2) is 26.8 Å². The molecular formula is C28H24ClFN4O3. The van der Waals surface area contributed by atoms with Crippen molar-refractivity contribution in [2.24, 2.45) is 0 Å². The molecule has 0 saturated heterocycles. The van der Waals surface area contributed by atoms with Gasteiger partial charge in [0.05, 0.1) is 22.0 Å². The summed E-state index contributed by atoms with van der Waals surface area (Å²) in [6.07, 6.45) is 2.93. The summed E-state index contributed by atoms with van der Waals surface area (Å²) in [5.41, 5.74) is 2.90. The van der Waals surface area contributed by atoms with E-state index < -0.39 is 6.03 Å². The Labute approximate surface area is 217 Å². The summed E-state index contributed by atoms with van der Waals surface area (Å²) in [5.74, 6) is -0.632. The summed E-state index contributed by atoms with van der Waals surface area (Å²) in [5, 5.41) is 21.0. The van der Waals surface area contributed by atoms with Gasteiger partial charge in [0, 0.05) is 23.7 Å². The molecule has 0 atom stereocenters. The van der Waals surface area contributed by atoms with E-state index in [2.05, 4.69) is 15.7 Å². The van der Waals surface area contributed by atoms with E-state index in [1.807, 2.05) is 0 Å². The largest absolute Gasteiger partial charge is 0.507 e. The highest BCUT2D eigenvalue weighted by atomic mass is 35.5. The van der Waals surface area contributed by atoms with Crippen LogP contribution in [0.15, 0.2) is 72.8 Å². The second-order valence-electron chi connectivity index (χ2n) is 8.95. The topological polar surface area (TPSA) is 96.2 Å². The van der Waals surface area contributed by atoms with Gasteiger partial charge in [0.25, 0.3) is 5.91 Å². The van der Waals surface area contributed by atoms with Crippen molar-refractivity contribution in [2.75, 3.05) is 5.32 Å². The lowest BCUT2D eigenvalue weighted by Gasteiger charge is -2.25. The Morgan fingerprint density at radius 2 is 1.86 bits per heavy atom. The number of nitrogens with one attached hydrogen (secondary N) is 2. The fraction of sp³-hybridized carbons (Fsp3) is 0.179. The zero-order valence-corrected chi connectivity index (χ0v) is 20.5. The standard InChI is InChI=1S/C28H24ClFN4O3/c29-23-10-2-1-9-21(23)27(36)32-20-11-12-26(35)22(14-20)24-15-25(18-6-4-7-18)34(33-24)28(37)31-16-17-5-3-8-19(30)13-17/h1-3,5,8-15,18,35H,4,6-7,16H2,(H,31,37)(H,32,36). The van der Waals surface area contributed by atoms with Gasteiger partial charge >= 0.3 is 6.03 Å². The minimum Gasteiger partial charge on any atom is -0.507 e. The van der Waals surface area contributed by atoms with Crippen molar-refractivity contribution in [3.63, 3.8) is 0 Å². The number of phenolic OH excluding ortho intramolecular Hbond substituents is 1. The minimum atomic E-state index is -0.444. The Morgan fingerprint density at radius 3 is 2.59 bits per heavy atom. The molecule has 1 aromatic heterocycles. The van der Waals surface area contributed by atoms with Crippen molar-refractivity contribution in [1.82, 2.24) is 15.1 Å². The van der Waals surface area contributed by atoms with E-state index in [0.29, 0.717) is 33.1 Å². The van der Waals surface area contributed by atoms with E-state index in [1.54, 1.807) is 54.6 Å². The molecule has 0 spiro atoms. The lowest BCUT2D eigenvalue weighted by Crippen LogP contribution is -2.31. The first-order valence-corrected chi connectivity index (χ1v) is 12.3. The lowest BCUT2D eigenvalue weighted by atomic mass is 9.82. The highest BCUT2D eigenvalue weighted by Gasteiger charge is 2.27. The number of halogens is 2. The van der Waals surface area contributed by atoms with E-state index in [9.17, 15) is 19.1 Å². The fourth-order valence-corrected chi connectivity index (χ4v) is 4.47. The fourth-order valence-electron chi connectivity index (χ4n) is 4.25. The molecule has 0 aliphatic heterocycles. The average Bonchev–Trinajstić information content (AvgIpc) is 3.27. The van der Waals surface area contributed by atoms with Crippen molar-refractivity contribution in [2.45, 2.75) is 31.7 Å². The van der Waals surface area contributed by atoms with Crippen LogP contribution in [0.25, 0.3) is 11.3 Å². The van der Waals surface area contributed by atoms with Crippen LogP contribution in [0.1, 0.15) is 46.8 Å². The normalized spacial score (nSPS) is 13.1. The molecule has 3 N–H and O–H groups in total. The van der Waals surface area contributed by atoms with Gasteiger partial charge in [-0.25, -0.2) is 9.18 Å². The number of aromatic nitrogens is 2. The van der Waals surface area contributed by atoms with Gasteiger partial charge in [-0.1, -0.05) is 42.3 Å². The number of carbonyl (C=O) groups is 2. The average molecular weight is 519 g/mol. The summed E-state index contributed by atoms with van der Waals surface area (Å²) in [6.45, 7) is 0.144. The number of hydrogen-bond donors (Lipinski definition) is 3. The van der Waals surface area contributed by atoms with E-state index in [1.165, 1.54) is 22.9 Å². The molecule has 1 fully saturated rings. The number of rotatable bonds is 6. The van der Waals surface area contributed by atoms with E-state index in [-0.39, 0.29) is 29.9 Å². The minimum absolute atomic E-state index is 0.0410. The zero-order valence-electron chi connectivity index (χ0n) is 19.7. The molecule has 0 radical (unpaired) electrons. The molecule has 1 saturated carbocycles. The number of phenols is 1. The number of anilines is 1. The summed E-state index contributed by atoms with van der Waals surface area (Å²) in [4.78, 5) is 25.8.